The van der Waals surface area contributed by atoms with Crippen LogP contribution < -0.4 is 5.73 Å². The lowest BCUT2D eigenvalue weighted by molar-refractivity contribution is 0.354. The molecule has 0 spiro atoms. The van der Waals surface area contributed by atoms with Gasteiger partial charge in [0.1, 0.15) is 0 Å². The number of likely N-dealkylation sites (tertiary alicyclic amines) is 1. The summed E-state index contributed by atoms with van der Waals surface area (Å²) in [4.78, 5) is 2.50. The van der Waals surface area contributed by atoms with Gasteiger partial charge in [-0.15, -0.1) is 0 Å². The van der Waals surface area contributed by atoms with E-state index in [2.05, 4.69) is 20.8 Å². The van der Waals surface area contributed by atoms with Crippen LogP contribution in [0.4, 0.5) is 0 Å². The maximum absolute atomic E-state index is 12.1. The molecule has 0 amide bonds. The molecule has 1 aromatic rings. The fourth-order valence-electron chi connectivity index (χ4n) is 2.07. The third-order valence-corrected chi connectivity index (χ3v) is 5.40. The van der Waals surface area contributed by atoms with E-state index in [1.165, 1.54) is 0 Å². The van der Waals surface area contributed by atoms with Gasteiger partial charge in [0.15, 0.2) is 9.84 Å². The average molecular weight is 333 g/mol. The van der Waals surface area contributed by atoms with Crippen molar-refractivity contribution in [2.75, 3.05) is 25.4 Å². The summed E-state index contributed by atoms with van der Waals surface area (Å²) in [6, 6.07) is 6.96. The summed E-state index contributed by atoms with van der Waals surface area (Å²) in [6.07, 6.45) is 0.957. The fourth-order valence-corrected chi connectivity index (χ4v) is 3.62. The molecular formula is C12H17BrN2O2S. The molecule has 1 fully saturated rings. The Morgan fingerprint density at radius 3 is 2.56 bits per heavy atom. The van der Waals surface area contributed by atoms with E-state index >= 15 is 0 Å². The normalized spacial score (nSPS) is 21.3. The molecule has 4 nitrogen and oxygen atoms in total. The van der Waals surface area contributed by atoms with Gasteiger partial charge in [-0.3, -0.25) is 0 Å². The minimum Gasteiger partial charge on any atom is -0.326 e. The largest absolute Gasteiger partial charge is 0.326 e. The van der Waals surface area contributed by atoms with Crippen LogP contribution in [0.5, 0.6) is 0 Å². The van der Waals surface area contributed by atoms with Gasteiger partial charge in [-0.1, -0.05) is 15.9 Å². The zero-order valence-electron chi connectivity index (χ0n) is 10.0. The maximum atomic E-state index is 12.1. The molecule has 1 atom stereocenters. The van der Waals surface area contributed by atoms with E-state index in [4.69, 9.17) is 5.73 Å². The number of nitrogens with zero attached hydrogens (tertiary/aromatic N) is 1. The first kappa shape index (κ1) is 14.0. The molecule has 1 aromatic carbocycles. The van der Waals surface area contributed by atoms with E-state index in [-0.39, 0.29) is 11.8 Å². The third-order valence-electron chi connectivity index (χ3n) is 3.16. The Hall–Kier alpha value is -0.430. The Labute approximate surface area is 116 Å². The lowest BCUT2D eigenvalue weighted by atomic mass is 10.3. The van der Waals surface area contributed by atoms with Gasteiger partial charge < -0.3 is 10.6 Å². The van der Waals surface area contributed by atoms with Crippen LogP contribution in [0.3, 0.4) is 0 Å². The molecule has 6 heteroatoms. The summed E-state index contributed by atoms with van der Waals surface area (Å²) in [5.74, 6) is 0.154. The van der Waals surface area contributed by atoms with Gasteiger partial charge in [0.2, 0.25) is 0 Å². The van der Waals surface area contributed by atoms with Gasteiger partial charge in [-0.05, 0) is 37.2 Å². The number of nitrogens with two attached hydrogens (primary N) is 1. The Bertz CT molecular complexity index is 501. The predicted octanol–water partition coefficient (Wildman–Crippen LogP) is 1.26. The minimum absolute atomic E-state index is 0.154. The fraction of sp³-hybridized carbons (Fsp3) is 0.500. The molecule has 2 N–H and O–H groups in total. The number of sulfone groups is 1. The summed E-state index contributed by atoms with van der Waals surface area (Å²) < 4.78 is 25.1. The topological polar surface area (TPSA) is 63.4 Å². The van der Waals surface area contributed by atoms with Crippen molar-refractivity contribution in [1.29, 1.82) is 0 Å². The monoisotopic (exact) mass is 332 g/mol. The van der Waals surface area contributed by atoms with Gasteiger partial charge in [0, 0.05) is 23.6 Å². The number of halogens is 1. The van der Waals surface area contributed by atoms with Crippen molar-refractivity contribution in [3.05, 3.63) is 28.7 Å². The zero-order valence-corrected chi connectivity index (χ0v) is 12.5. The van der Waals surface area contributed by atoms with Crippen LogP contribution >= 0.6 is 15.9 Å². The standard InChI is InChI=1S/C12H17BrN2O2S/c13-10-1-3-12(4-2-10)18(16,17)8-7-15-6-5-11(14)9-15/h1-4,11H,5-9,14H2/t11-/m1/s1. The molecule has 0 aromatic heterocycles. The maximum Gasteiger partial charge on any atom is 0.179 e. The minimum atomic E-state index is -3.19. The van der Waals surface area contributed by atoms with Gasteiger partial charge in [-0.2, -0.15) is 0 Å². The highest BCUT2D eigenvalue weighted by molar-refractivity contribution is 9.10. The summed E-state index contributed by atoms with van der Waals surface area (Å²) in [5, 5.41) is 0. The molecule has 2 rings (SSSR count). The van der Waals surface area contributed by atoms with Gasteiger partial charge in [0.25, 0.3) is 0 Å². The first-order valence-corrected chi connectivity index (χ1v) is 8.38. The molecular weight excluding hydrogens is 316 g/mol. The second-order valence-electron chi connectivity index (χ2n) is 4.62. The molecule has 0 saturated carbocycles. The van der Waals surface area contributed by atoms with Crippen LogP contribution in [-0.4, -0.2) is 44.7 Å². The van der Waals surface area contributed by atoms with Crippen molar-refractivity contribution in [3.63, 3.8) is 0 Å². The number of rotatable bonds is 4. The van der Waals surface area contributed by atoms with Crippen LogP contribution in [0.15, 0.2) is 33.6 Å². The molecule has 1 heterocycles. The van der Waals surface area contributed by atoms with E-state index < -0.39 is 9.84 Å². The number of hydrogen-bond donors (Lipinski definition) is 1. The summed E-state index contributed by atoms with van der Waals surface area (Å²) in [7, 11) is -3.19. The summed E-state index contributed by atoms with van der Waals surface area (Å²) in [6.45, 7) is 2.26. The Morgan fingerprint density at radius 2 is 2.00 bits per heavy atom. The van der Waals surface area contributed by atoms with E-state index in [1.54, 1.807) is 24.3 Å². The number of benzene rings is 1. The SMILES string of the molecule is N[C@@H]1CCN(CCS(=O)(=O)c2ccc(Br)cc2)C1. The van der Waals surface area contributed by atoms with E-state index in [1.807, 2.05) is 0 Å². The highest BCUT2D eigenvalue weighted by atomic mass is 79.9. The van der Waals surface area contributed by atoms with E-state index in [9.17, 15) is 8.42 Å². The van der Waals surface area contributed by atoms with Gasteiger partial charge >= 0.3 is 0 Å². The predicted molar refractivity (Wildman–Crippen MR) is 75.2 cm³/mol. The summed E-state index contributed by atoms with van der Waals surface area (Å²) in [5.41, 5.74) is 5.80. The van der Waals surface area contributed by atoms with E-state index in [0.717, 1.165) is 24.0 Å². The molecule has 1 aliphatic rings. The van der Waals surface area contributed by atoms with Crippen molar-refractivity contribution >= 4 is 25.8 Å². The average Bonchev–Trinajstić information content (AvgIpc) is 2.73. The lowest BCUT2D eigenvalue weighted by Crippen LogP contribution is -2.30. The number of hydrogen-bond acceptors (Lipinski definition) is 4. The smallest absolute Gasteiger partial charge is 0.179 e. The van der Waals surface area contributed by atoms with Gasteiger partial charge in [0.05, 0.1) is 10.6 Å². The van der Waals surface area contributed by atoms with Crippen molar-refractivity contribution in [2.45, 2.75) is 17.4 Å². The van der Waals surface area contributed by atoms with Crippen molar-refractivity contribution in [2.24, 2.45) is 5.73 Å². The van der Waals surface area contributed by atoms with Crippen LogP contribution in [-0.2, 0) is 9.84 Å². The lowest BCUT2D eigenvalue weighted by Gasteiger charge is -2.14. The van der Waals surface area contributed by atoms with E-state index in [0.29, 0.717) is 11.4 Å². The molecule has 0 aliphatic carbocycles. The van der Waals surface area contributed by atoms with Gasteiger partial charge in [-0.25, -0.2) is 8.42 Å². The van der Waals surface area contributed by atoms with Crippen molar-refractivity contribution in [3.8, 4) is 0 Å². The Balaban J connectivity index is 1.97. The first-order chi connectivity index (χ1) is 8.47. The van der Waals surface area contributed by atoms with Crippen LogP contribution in [0, 0.1) is 0 Å². The second-order valence-corrected chi connectivity index (χ2v) is 7.65. The van der Waals surface area contributed by atoms with Crippen LogP contribution in [0.25, 0.3) is 0 Å². The first-order valence-electron chi connectivity index (χ1n) is 5.93. The Morgan fingerprint density at radius 1 is 1.33 bits per heavy atom. The molecule has 18 heavy (non-hydrogen) atoms. The molecule has 1 saturated heterocycles. The summed E-state index contributed by atoms with van der Waals surface area (Å²) >= 11 is 3.29. The van der Waals surface area contributed by atoms with Crippen LogP contribution in [0.1, 0.15) is 6.42 Å². The van der Waals surface area contributed by atoms with Crippen LogP contribution in [0.2, 0.25) is 0 Å². The molecule has 100 valence electrons. The highest BCUT2D eigenvalue weighted by Gasteiger charge is 2.21. The molecule has 0 bridgehead atoms. The Kier molecular flexibility index (Phi) is 4.42. The molecule has 1 aliphatic heterocycles. The molecule has 0 unspecified atom stereocenters. The second kappa shape index (κ2) is 5.69. The zero-order chi connectivity index (χ0) is 13.2. The quantitative estimate of drug-likeness (QED) is 0.901. The third kappa shape index (κ3) is 3.54. The highest BCUT2D eigenvalue weighted by Crippen LogP contribution is 2.16. The van der Waals surface area contributed by atoms with Crippen molar-refractivity contribution < 1.29 is 8.42 Å². The molecule has 0 radical (unpaired) electrons. The van der Waals surface area contributed by atoms with Crippen molar-refractivity contribution in [1.82, 2.24) is 4.90 Å².